The maximum atomic E-state index is 12.4. The average molecular weight is 343 g/mol. The molecule has 0 unspecified atom stereocenters. The van der Waals surface area contributed by atoms with E-state index in [9.17, 15) is 9.90 Å². The van der Waals surface area contributed by atoms with Gasteiger partial charge in [0.05, 0.1) is 6.54 Å². The number of carbonyl (C=O) groups excluding carboxylic acids is 1. The lowest BCUT2D eigenvalue weighted by molar-refractivity contribution is -0.131. The molecule has 3 rings (SSSR count). The second-order valence-electron chi connectivity index (χ2n) is 6.81. The van der Waals surface area contributed by atoms with Gasteiger partial charge in [0.1, 0.15) is 23.8 Å². The monoisotopic (exact) mass is 343 g/mol. The van der Waals surface area contributed by atoms with Gasteiger partial charge in [-0.3, -0.25) is 4.79 Å². The molecule has 1 aliphatic heterocycles. The van der Waals surface area contributed by atoms with Crippen LogP contribution >= 0.6 is 0 Å². The highest BCUT2D eigenvalue weighted by atomic mass is 16.5. The predicted molar refractivity (Wildman–Crippen MR) is 94.4 cm³/mol. The number of imidazole rings is 1. The summed E-state index contributed by atoms with van der Waals surface area (Å²) in [4.78, 5) is 18.3. The summed E-state index contributed by atoms with van der Waals surface area (Å²) in [6.45, 7) is 5.61. The molecule has 0 aliphatic carbocycles. The molecule has 1 N–H and O–H groups in total. The summed E-state index contributed by atoms with van der Waals surface area (Å²) in [5.74, 6) is 1.70. The molecule has 1 aliphatic rings. The molecule has 0 saturated carbocycles. The van der Waals surface area contributed by atoms with Gasteiger partial charge in [-0.1, -0.05) is 12.1 Å². The topological polar surface area (TPSA) is 67.6 Å². The summed E-state index contributed by atoms with van der Waals surface area (Å²) < 4.78 is 7.70. The third-order valence-corrected chi connectivity index (χ3v) is 4.67. The van der Waals surface area contributed by atoms with Crippen LogP contribution in [-0.4, -0.2) is 50.8 Å². The third-order valence-electron chi connectivity index (χ3n) is 4.67. The van der Waals surface area contributed by atoms with Crippen LogP contribution in [0, 0.1) is 13.8 Å². The quantitative estimate of drug-likeness (QED) is 0.870. The minimum absolute atomic E-state index is 0.0552. The van der Waals surface area contributed by atoms with E-state index in [4.69, 9.17) is 4.74 Å². The van der Waals surface area contributed by atoms with Gasteiger partial charge in [-0.2, -0.15) is 0 Å². The number of β-amino-alcohol motifs (C(OH)–C–C–N with tert-alkyl or cyclic N) is 1. The Labute approximate surface area is 148 Å². The van der Waals surface area contributed by atoms with Crippen molar-refractivity contribution < 1.29 is 14.6 Å². The zero-order valence-corrected chi connectivity index (χ0v) is 14.8. The van der Waals surface area contributed by atoms with Crippen molar-refractivity contribution in [1.82, 2.24) is 14.5 Å². The number of hydrogen-bond acceptors (Lipinski definition) is 4. The van der Waals surface area contributed by atoms with Crippen LogP contribution in [0.1, 0.15) is 24.2 Å². The maximum Gasteiger partial charge on any atom is 0.224 e. The number of hydrogen-bond donors (Lipinski definition) is 1. The number of nitrogens with zero attached hydrogens (tertiary/aromatic N) is 3. The van der Waals surface area contributed by atoms with E-state index in [1.54, 1.807) is 11.1 Å². The Kier molecular flexibility index (Phi) is 5.08. The van der Waals surface area contributed by atoms with Crippen molar-refractivity contribution in [2.45, 2.75) is 38.8 Å². The predicted octanol–water partition coefficient (Wildman–Crippen LogP) is 1.93. The van der Waals surface area contributed by atoms with E-state index in [1.807, 2.05) is 48.9 Å². The molecule has 1 saturated heterocycles. The van der Waals surface area contributed by atoms with Crippen molar-refractivity contribution in [3.8, 4) is 5.75 Å². The molecule has 6 heteroatoms. The first-order valence-electron chi connectivity index (χ1n) is 8.63. The molecular formula is C19H25N3O3. The largest absolute Gasteiger partial charge is 0.491 e. The molecule has 1 fully saturated rings. The van der Waals surface area contributed by atoms with Crippen molar-refractivity contribution in [3.05, 3.63) is 48.0 Å². The Morgan fingerprint density at radius 2 is 2.24 bits per heavy atom. The summed E-state index contributed by atoms with van der Waals surface area (Å²) in [6, 6.07) is 7.74. The standard InChI is InChI=1S/C19H25N3O3/c1-15-4-3-5-17(12-15)25-14-19(24)7-10-22(13-19)18(23)6-9-21-11-8-20-16(21)2/h3-5,8,11-12,24H,6-7,9-10,13-14H2,1-2H3/t19-/m1/s1. The Bertz CT molecular complexity index is 743. The normalized spacial score (nSPS) is 20.0. The molecular weight excluding hydrogens is 318 g/mol. The van der Waals surface area contributed by atoms with Gasteiger partial charge in [-0.05, 0) is 38.0 Å². The van der Waals surface area contributed by atoms with E-state index in [0.717, 1.165) is 17.1 Å². The molecule has 1 aromatic heterocycles. The third kappa shape index (κ3) is 4.39. The van der Waals surface area contributed by atoms with Gasteiger partial charge >= 0.3 is 0 Å². The van der Waals surface area contributed by atoms with E-state index in [-0.39, 0.29) is 12.5 Å². The number of amides is 1. The molecule has 0 bridgehead atoms. The Hall–Kier alpha value is -2.34. The van der Waals surface area contributed by atoms with Crippen LogP contribution in [0.5, 0.6) is 5.75 Å². The molecule has 1 amide bonds. The highest BCUT2D eigenvalue weighted by Crippen LogP contribution is 2.24. The van der Waals surface area contributed by atoms with Gasteiger partial charge in [0.25, 0.3) is 0 Å². The SMILES string of the molecule is Cc1cccc(OC[C@@]2(O)CCN(C(=O)CCn3ccnc3C)C2)c1. The fourth-order valence-corrected chi connectivity index (χ4v) is 3.12. The molecule has 134 valence electrons. The fraction of sp³-hybridized carbons (Fsp3) is 0.474. The number of likely N-dealkylation sites (tertiary alicyclic amines) is 1. The van der Waals surface area contributed by atoms with Crippen LogP contribution in [0.4, 0.5) is 0 Å². The summed E-state index contributed by atoms with van der Waals surface area (Å²) in [5, 5.41) is 10.7. The minimum atomic E-state index is -0.982. The lowest BCUT2D eigenvalue weighted by Crippen LogP contribution is -2.40. The number of aromatic nitrogens is 2. The van der Waals surface area contributed by atoms with Gasteiger partial charge in [0.15, 0.2) is 0 Å². The van der Waals surface area contributed by atoms with Crippen molar-refractivity contribution >= 4 is 5.91 Å². The Balaban J connectivity index is 1.49. The van der Waals surface area contributed by atoms with Crippen LogP contribution in [0.2, 0.25) is 0 Å². The van der Waals surface area contributed by atoms with Crippen LogP contribution < -0.4 is 4.74 Å². The van der Waals surface area contributed by atoms with Crippen molar-refractivity contribution in [1.29, 1.82) is 0 Å². The number of aliphatic hydroxyl groups is 1. The smallest absolute Gasteiger partial charge is 0.224 e. The lowest BCUT2D eigenvalue weighted by atomic mass is 10.1. The van der Waals surface area contributed by atoms with Crippen molar-refractivity contribution in [2.24, 2.45) is 0 Å². The highest BCUT2D eigenvalue weighted by molar-refractivity contribution is 5.76. The molecule has 25 heavy (non-hydrogen) atoms. The Morgan fingerprint density at radius 1 is 1.40 bits per heavy atom. The maximum absolute atomic E-state index is 12.4. The van der Waals surface area contributed by atoms with Crippen molar-refractivity contribution in [2.75, 3.05) is 19.7 Å². The van der Waals surface area contributed by atoms with Gasteiger partial charge in [0, 0.05) is 31.9 Å². The number of aryl methyl sites for hydroxylation is 3. The van der Waals surface area contributed by atoms with E-state index in [2.05, 4.69) is 4.98 Å². The van der Waals surface area contributed by atoms with E-state index in [0.29, 0.717) is 32.5 Å². The first kappa shape index (κ1) is 17.5. The number of benzene rings is 1. The molecule has 0 radical (unpaired) electrons. The lowest BCUT2D eigenvalue weighted by Gasteiger charge is -2.24. The first-order chi connectivity index (χ1) is 12.0. The summed E-state index contributed by atoms with van der Waals surface area (Å²) >= 11 is 0. The summed E-state index contributed by atoms with van der Waals surface area (Å²) in [7, 11) is 0. The average Bonchev–Trinajstić information content (AvgIpc) is 3.17. The second-order valence-corrected chi connectivity index (χ2v) is 6.81. The van der Waals surface area contributed by atoms with Gasteiger partial charge in [0.2, 0.25) is 5.91 Å². The summed E-state index contributed by atoms with van der Waals surface area (Å²) in [6.07, 6.45) is 4.55. The number of rotatable bonds is 6. The molecule has 2 aromatic rings. The van der Waals surface area contributed by atoms with Gasteiger partial charge in [-0.25, -0.2) is 4.98 Å². The minimum Gasteiger partial charge on any atom is -0.491 e. The molecule has 6 nitrogen and oxygen atoms in total. The first-order valence-corrected chi connectivity index (χ1v) is 8.63. The zero-order valence-electron chi connectivity index (χ0n) is 14.8. The van der Waals surface area contributed by atoms with E-state index < -0.39 is 5.60 Å². The highest BCUT2D eigenvalue weighted by Gasteiger charge is 2.38. The Morgan fingerprint density at radius 3 is 2.96 bits per heavy atom. The van der Waals surface area contributed by atoms with Gasteiger partial charge < -0.3 is 19.3 Å². The molecule has 1 aromatic carbocycles. The van der Waals surface area contributed by atoms with Gasteiger partial charge in [-0.15, -0.1) is 0 Å². The molecule has 1 atom stereocenters. The van der Waals surface area contributed by atoms with Crippen LogP contribution in [0.3, 0.4) is 0 Å². The van der Waals surface area contributed by atoms with Crippen LogP contribution in [0.15, 0.2) is 36.7 Å². The number of carbonyl (C=O) groups is 1. The second kappa shape index (κ2) is 7.27. The van der Waals surface area contributed by atoms with Crippen LogP contribution in [-0.2, 0) is 11.3 Å². The van der Waals surface area contributed by atoms with Crippen molar-refractivity contribution in [3.63, 3.8) is 0 Å². The summed E-state index contributed by atoms with van der Waals surface area (Å²) in [5.41, 5.74) is 0.132. The van der Waals surface area contributed by atoms with Crippen LogP contribution in [0.25, 0.3) is 0 Å². The van der Waals surface area contributed by atoms with E-state index >= 15 is 0 Å². The molecule has 0 spiro atoms. The molecule has 2 heterocycles. The van der Waals surface area contributed by atoms with E-state index in [1.165, 1.54) is 0 Å². The fourth-order valence-electron chi connectivity index (χ4n) is 3.12. The zero-order chi connectivity index (χ0) is 17.9. The number of ether oxygens (including phenoxy) is 1.